The maximum absolute atomic E-state index is 13.4. The molecule has 0 radical (unpaired) electrons. The second-order valence-corrected chi connectivity index (χ2v) is 9.21. The summed E-state index contributed by atoms with van der Waals surface area (Å²) in [5.74, 6) is -0.830. The lowest BCUT2D eigenvalue weighted by atomic mass is 10.1. The number of halogens is 2. The molecule has 164 valence electrons. The summed E-state index contributed by atoms with van der Waals surface area (Å²) in [5.41, 5.74) is 1.74. The Morgan fingerprint density at radius 3 is 2.33 bits per heavy atom. The summed E-state index contributed by atoms with van der Waals surface area (Å²) in [6, 6.07) is 25.0. The average Bonchev–Trinajstić information content (AvgIpc) is 3.13. The molecular formula is C25H17Cl2N3O2S. The topological polar surface area (TPSA) is 73.2 Å². The maximum atomic E-state index is 13.4. The van der Waals surface area contributed by atoms with E-state index < -0.39 is 11.2 Å². The number of carbonyl (C=O) groups is 2. The Kier molecular flexibility index (Phi) is 7.05. The number of carbonyl (C=O) groups excluding carboxylic acids is 2. The van der Waals surface area contributed by atoms with E-state index in [9.17, 15) is 14.9 Å². The van der Waals surface area contributed by atoms with E-state index in [0.717, 1.165) is 5.56 Å². The standard InChI is InChI=1S/C25H17Cl2N3O2S/c26-17-12-10-16(11-13-17)14-22-24(32)30(18-6-2-1-3-7-18)25(33-22)19(15-28)23(31)29-21-9-5-4-8-20(21)27/h1-13,22H,14H2,(H,29,31)/b25-19-. The van der Waals surface area contributed by atoms with Crippen molar-refractivity contribution in [2.45, 2.75) is 11.7 Å². The van der Waals surface area contributed by atoms with Crippen LogP contribution in [-0.2, 0) is 16.0 Å². The number of hydrogen-bond acceptors (Lipinski definition) is 4. The summed E-state index contributed by atoms with van der Waals surface area (Å²) in [4.78, 5) is 27.9. The van der Waals surface area contributed by atoms with Crippen molar-refractivity contribution in [3.8, 4) is 6.07 Å². The fourth-order valence-electron chi connectivity index (χ4n) is 3.38. The Hall–Kier alpha value is -3.24. The van der Waals surface area contributed by atoms with Crippen molar-refractivity contribution in [1.82, 2.24) is 0 Å². The third-order valence-electron chi connectivity index (χ3n) is 4.98. The number of nitrogens with zero attached hydrogens (tertiary/aromatic N) is 2. The van der Waals surface area contributed by atoms with Crippen LogP contribution >= 0.6 is 35.0 Å². The third-order valence-corrected chi connectivity index (χ3v) is 6.82. The van der Waals surface area contributed by atoms with Gasteiger partial charge in [-0.15, -0.1) is 0 Å². The second kappa shape index (κ2) is 10.1. The normalized spacial score (nSPS) is 16.9. The zero-order chi connectivity index (χ0) is 23.4. The number of nitrogens with one attached hydrogen (secondary N) is 1. The molecule has 5 nitrogen and oxygen atoms in total. The van der Waals surface area contributed by atoms with Crippen molar-refractivity contribution in [2.24, 2.45) is 0 Å². The maximum Gasteiger partial charge on any atom is 0.269 e. The number of para-hydroxylation sites is 2. The number of thioether (sulfide) groups is 1. The average molecular weight is 494 g/mol. The first-order valence-electron chi connectivity index (χ1n) is 9.98. The lowest BCUT2D eigenvalue weighted by Gasteiger charge is -2.18. The van der Waals surface area contributed by atoms with E-state index in [-0.39, 0.29) is 16.5 Å². The van der Waals surface area contributed by atoms with Crippen LogP contribution in [0.15, 0.2) is 89.5 Å². The van der Waals surface area contributed by atoms with Gasteiger partial charge in [-0.3, -0.25) is 14.5 Å². The number of hydrogen-bond donors (Lipinski definition) is 1. The van der Waals surface area contributed by atoms with Crippen LogP contribution in [0.5, 0.6) is 0 Å². The Labute approximate surface area is 205 Å². The number of benzene rings is 3. The molecule has 0 spiro atoms. The van der Waals surface area contributed by atoms with Crippen molar-refractivity contribution < 1.29 is 9.59 Å². The van der Waals surface area contributed by atoms with Crippen LogP contribution in [0.1, 0.15) is 5.56 Å². The minimum absolute atomic E-state index is 0.157. The first-order chi connectivity index (χ1) is 16.0. The van der Waals surface area contributed by atoms with Crippen LogP contribution in [0.25, 0.3) is 0 Å². The fourth-order valence-corrected chi connectivity index (χ4v) is 5.00. The van der Waals surface area contributed by atoms with Crippen molar-refractivity contribution in [3.63, 3.8) is 0 Å². The predicted octanol–water partition coefficient (Wildman–Crippen LogP) is 6.06. The zero-order valence-corrected chi connectivity index (χ0v) is 19.5. The quantitative estimate of drug-likeness (QED) is 0.346. The van der Waals surface area contributed by atoms with Gasteiger partial charge in [0.2, 0.25) is 5.91 Å². The summed E-state index contributed by atoms with van der Waals surface area (Å²) in [7, 11) is 0. The van der Waals surface area contributed by atoms with Gasteiger partial charge in [0.15, 0.2) is 0 Å². The molecule has 0 aliphatic carbocycles. The van der Waals surface area contributed by atoms with Crippen LogP contribution in [-0.4, -0.2) is 17.1 Å². The molecule has 33 heavy (non-hydrogen) atoms. The number of anilines is 2. The van der Waals surface area contributed by atoms with Gasteiger partial charge in [0.05, 0.1) is 16.0 Å². The first kappa shape index (κ1) is 22.9. The van der Waals surface area contributed by atoms with Crippen molar-refractivity contribution in [3.05, 3.63) is 105 Å². The SMILES string of the molecule is N#C/C(C(=O)Nc1ccccc1Cl)=C1/SC(Cc2ccc(Cl)cc2)C(=O)N1c1ccccc1. The first-order valence-corrected chi connectivity index (χ1v) is 11.6. The molecule has 1 saturated heterocycles. The molecule has 1 heterocycles. The largest absolute Gasteiger partial charge is 0.320 e. The smallest absolute Gasteiger partial charge is 0.269 e. The molecule has 1 N–H and O–H groups in total. The molecule has 0 saturated carbocycles. The minimum atomic E-state index is -0.631. The molecule has 1 fully saturated rings. The van der Waals surface area contributed by atoms with Crippen LogP contribution in [0.3, 0.4) is 0 Å². The predicted molar refractivity (Wildman–Crippen MR) is 133 cm³/mol. The molecular weight excluding hydrogens is 477 g/mol. The molecule has 8 heteroatoms. The minimum Gasteiger partial charge on any atom is -0.320 e. The van der Waals surface area contributed by atoms with Gasteiger partial charge in [-0.25, -0.2) is 0 Å². The van der Waals surface area contributed by atoms with E-state index >= 15 is 0 Å². The Morgan fingerprint density at radius 1 is 1.00 bits per heavy atom. The van der Waals surface area contributed by atoms with Crippen LogP contribution in [0.4, 0.5) is 11.4 Å². The Balaban J connectivity index is 1.72. The number of rotatable bonds is 5. The molecule has 1 aliphatic heterocycles. The van der Waals surface area contributed by atoms with Gasteiger partial charge in [-0.1, -0.05) is 77.4 Å². The van der Waals surface area contributed by atoms with Gasteiger partial charge in [0.25, 0.3) is 5.91 Å². The third kappa shape index (κ3) is 5.07. The lowest BCUT2D eigenvalue weighted by Crippen LogP contribution is -2.30. The van der Waals surface area contributed by atoms with Gasteiger partial charge in [-0.05, 0) is 48.4 Å². The molecule has 1 unspecified atom stereocenters. The Bertz CT molecular complexity index is 1270. The van der Waals surface area contributed by atoms with E-state index in [2.05, 4.69) is 5.32 Å². The van der Waals surface area contributed by atoms with Gasteiger partial charge < -0.3 is 5.32 Å². The van der Waals surface area contributed by atoms with Gasteiger partial charge in [-0.2, -0.15) is 5.26 Å². The van der Waals surface area contributed by atoms with Gasteiger partial charge in [0.1, 0.15) is 16.7 Å². The summed E-state index contributed by atoms with van der Waals surface area (Å²) in [5, 5.41) is 13.3. The monoisotopic (exact) mass is 493 g/mol. The second-order valence-electron chi connectivity index (χ2n) is 7.17. The van der Waals surface area contributed by atoms with Crippen LogP contribution in [0, 0.1) is 11.3 Å². The fraction of sp³-hybridized carbons (Fsp3) is 0.0800. The molecule has 0 aromatic heterocycles. The van der Waals surface area contributed by atoms with Gasteiger partial charge >= 0.3 is 0 Å². The highest BCUT2D eigenvalue weighted by molar-refractivity contribution is 8.05. The van der Waals surface area contributed by atoms with E-state index in [1.54, 1.807) is 60.7 Å². The lowest BCUT2D eigenvalue weighted by molar-refractivity contribution is -0.117. The van der Waals surface area contributed by atoms with Crippen molar-refractivity contribution in [2.75, 3.05) is 10.2 Å². The number of amides is 2. The van der Waals surface area contributed by atoms with Gasteiger partial charge in [0, 0.05) is 10.7 Å². The Morgan fingerprint density at radius 2 is 1.67 bits per heavy atom. The molecule has 2 amide bonds. The highest BCUT2D eigenvalue weighted by atomic mass is 35.5. The van der Waals surface area contributed by atoms with E-state index in [4.69, 9.17) is 23.2 Å². The van der Waals surface area contributed by atoms with Crippen molar-refractivity contribution in [1.29, 1.82) is 5.26 Å². The van der Waals surface area contributed by atoms with Crippen LogP contribution < -0.4 is 10.2 Å². The van der Waals surface area contributed by atoms with E-state index in [1.165, 1.54) is 16.7 Å². The zero-order valence-electron chi connectivity index (χ0n) is 17.2. The number of nitriles is 1. The van der Waals surface area contributed by atoms with E-state index in [0.29, 0.717) is 27.8 Å². The molecule has 1 aliphatic rings. The summed E-state index contributed by atoms with van der Waals surface area (Å²) >= 11 is 13.3. The van der Waals surface area contributed by atoms with E-state index in [1.807, 2.05) is 24.3 Å². The van der Waals surface area contributed by atoms with Crippen molar-refractivity contribution >= 4 is 58.2 Å². The molecule has 0 bridgehead atoms. The highest BCUT2D eigenvalue weighted by Crippen LogP contribution is 2.42. The summed E-state index contributed by atoms with van der Waals surface area (Å²) < 4.78 is 0. The molecule has 4 rings (SSSR count). The molecule has 1 atom stereocenters. The summed E-state index contributed by atoms with van der Waals surface area (Å²) in [6.07, 6.45) is 0.429. The summed E-state index contributed by atoms with van der Waals surface area (Å²) in [6.45, 7) is 0. The molecule has 3 aromatic rings. The van der Waals surface area contributed by atoms with Crippen LogP contribution in [0.2, 0.25) is 10.0 Å². The molecule has 3 aromatic carbocycles. The highest BCUT2D eigenvalue weighted by Gasteiger charge is 2.40.